The van der Waals surface area contributed by atoms with E-state index in [1.54, 1.807) is 24.3 Å². The first-order valence-electron chi connectivity index (χ1n) is 12.5. The van der Waals surface area contributed by atoms with Gasteiger partial charge in [0.15, 0.2) is 11.5 Å². The normalized spacial score (nSPS) is 10.5. The van der Waals surface area contributed by atoms with Crippen molar-refractivity contribution in [1.82, 2.24) is 10.6 Å². The third-order valence-electron chi connectivity index (χ3n) is 5.81. The molecule has 0 radical (unpaired) electrons. The molecule has 0 aromatic heterocycles. The summed E-state index contributed by atoms with van der Waals surface area (Å²) in [6, 6.07) is 30.9. The van der Waals surface area contributed by atoms with Crippen molar-refractivity contribution in [3.63, 3.8) is 0 Å². The molecule has 0 spiro atoms. The Bertz CT molecular complexity index is 1340. The lowest BCUT2D eigenvalue weighted by Crippen LogP contribution is -2.41. The van der Waals surface area contributed by atoms with Crippen LogP contribution in [0.25, 0.3) is 0 Å². The van der Waals surface area contributed by atoms with Crippen molar-refractivity contribution < 1.29 is 28.5 Å². The lowest BCUT2D eigenvalue weighted by atomic mass is 10.1. The second-order valence-electron chi connectivity index (χ2n) is 8.64. The molecule has 9 heteroatoms. The first-order chi connectivity index (χ1) is 19.5. The Hall–Kier alpha value is -4.69. The molecule has 40 heavy (non-hydrogen) atoms. The van der Waals surface area contributed by atoms with E-state index in [9.17, 15) is 9.59 Å². The Morgan fingerprint density at radius 1 is 0.700 bits per heavy atom. The van der Waals surface area contributed by atoms with E-state index in [0.29, 0.717) is 22.1 Å². The van der Waals surface area contributed by atoms with E-state index in [1.807, 2.05) is 78.9 Å². The molecule has 0 unspecified atom stereocenters. The second-order valence-corrected chi connectivity index (χ2v) is 9.04. The van der Waals surface area contributed by atoms with E-state index >= 15 is 0 Å². The maximum Gasteiger partial charge on any atom is 0.409 e. The van der Waals surface area contributed by atoms with E-state index in [-0.39, 0.29) is 19.8 Å². The predicted octanol–water partition coefficient (Wildman–Crippen LogP) is 6.78. The highest BCUT2D eigenvalue weighted by Crippen LogP contribution is 2.31. The van der Waals surface area contributed by atoms with E-state index in [4.69, 9.17) is 30.5 Å². The summed E-state index contributed by atoms with van der Waals surface area (Å²) in [7, 11) is 1.52. The van der Waals surface area contributed by atoms with Crippen molar-refractivity contribution in [2.75, 3.05) is 7.11 Å². The van der Waals surface area contributed by atoms with E-state index < -0.39 is 18.4 Å². The zero-order valence-corrected chi connectivity index (χ0v) is 22.6. The molecule has 0 fully saturated rings. The molecule has 0 bridgehead atoms. The lowest BCUT2D eigenvalue weighted by molar-refractivity contribution is 0.122. The monoisotopic (exact) mass is 560 g/mol. The molecule has 0 aliphatic carbocycles. The Morgan fingerprint density at radius 2 is 1.25 bits per heavy atom. The number of carbonyl (C=O) groups is 2. The van der Waals surface area contributed by atoms with E-state index in [0.717, 1.165) is 16.7 Å². The highest BCUT2D eigenvalue weighted by Gasteiger charge is 2.21. The molecule has 0 aliphatic heterocycles. The van der Waals surface area contributed by atoms with Crippen LogP contribution in [0.3, 0.4) is 0 Å². The molecule has 206 valence electrons. The van der Waals surface area contributed by atoms with Crippen LogP contribution in [0, 0.1) is 0 Å². The van der Waals surface area contributed by atoms with Gasteiger partial charge in [0, 0.05) is 10.6 Å². The second kappa shape index (κ2) is 14.5. The average molecular weight is 561 g/mol. The molecule has 4 aromatic rings. The highest BCUT2D eigenvalue weighted by atomic mass is 35.5. The van der Waals surface area contributed by atoms with Gasteiger partial charge in [0.1, 0.15) is 26.0 Å². The van der Waals surface area contributed by atoms with Crippen molar-refractivity contribution in [3.8, 4) is 11.5 Å². The third kappa shape index (κ3) is 8.41. The number of alkyl carbamates (subject to hydrolysis) is 2. The number of hydrogen-bond acceptors (Lipinski definition) is 6. The fourth-order valence-corrected chi connectivity index (χ4v) is 3.91. The summed E-state index contributed by atoms with van der Waals surface area (Å²) < 4.78 is 22.2. The van der Waals surface area contributed by atoms with Gasteiger partial charge >= 0.3 is 12.2 Å². The average Bonchev–Trinajstić information content (AvgIpc) is 2.99. The summed E-state index contributed by atoms with van der Waals surface area (Å²) in [5.74, 6) is 0.858. The summed E-state index contributed by atoms with van der Waals surface area (Å²) in [6.07, 6.45) is -2.46. The first kappa shape index (κ1) is 28.3. The van der Waals surface area contributed by atoms with Crippen molar-refractivity contribution in [3.05, 3.63) is 130 Å². The van der Waals surface area contributed by atoms with Crippen LogP contribution in [0.1, 0.15) is 28.4 Å². The van der Waals surface area contributed by atoms with Crippen LogP contribution in [0.5, 0.6) is 11.5 Å². The third-order valence-corrected chi connectivity index (χ3v) is 6.18. The number of carbonyl (C=O) groups excluding carboxylic acids is 2. The smallest absolute Gasteiger partial charge is 0.409 e. The number of nitrogens with one attached hydrogen (secondary N) is 2. The molecule has 0 aliphatic rings. The van der Waals surface area contributed by atoms with Crippen LogP contribution in [0.4, 0.5) is 9.59 Å². The number of halogens is 1. The van der Waals surface area contributed by atoms with Gasteiger partial charge < -0.3 is 18.9 Å². The maximum atomic E-state index is 12.7. The summed E-state index contributed by atoms with van der Waals surface area (Å²) in [5.41, 5.74) is 2.94. The van der Waals surface area contributed by atoms with Gasteiger partial charge in [0.05, 0.1) is 7.11 Å². The Kier molecular flexibility index (Phi) is 10.2. The molecule has 0 saturated heterocycles. The molecule has 0 heterocycles. The predicted molar refractivity (Wildman–Crippen MR) is 151 cm³/mol. The molecular weight excluding hydrogens is 532 g/mol. The summed E-state index contributed by atoms with van der Waals surface area (Å²) in [5, 5.41) is 5.95. The van der Waals surface area contributed by atoms with Crippen LogP contribution in [0.15, 0.2) is 103 Å². The fraction of sp³-hybridized carbons (Fsp3) is 0.161. The first-order valence-corrected chi connectivity index (χ1v) is 12.9. The molecular formula is C31H29ClN2O6. The Morgan fingerprint density at radius 3 is 1.80 bits per heavy atom. The zero-order valence-electron chi connectivity index (χ0n) is 21.8. The molecule has 4 rings (SSSR count). The number of rotatable bonds is 11. The van der Waals surface area contributed by atoms with Crippen molar-refractivity contribution in [2.45, 2.75) is 26.0 Å². The van der Waals surface area contributed by atoms with Crippen molar-refractivity contribution >= 4 is 23.8 Å². The number of amides is 2. The summed E-state index contributed by atoms with van der Waals surface area (Å²) in [4.78, 5) is 25.4. The summed E-state index contributed by atoms with van der Waals surface area (Å²) >= 11 is 6.27. The molecule has 2 N–H and O–H groups in total. The Balaban J connectivity index is 1.50. The van der Waals surface area contributed by atoms with Gasteiger partial charge in [-0.1, -0.05) is 96.5 Å². The molecule has 0 saturated carbocycles. The minimum absolute atomic E-state index is 0.0622. The number of hydrogen-bond donors (Lipinski definition) is 2. The maximum absolute atomic E-state index is 12.7. The zero-order chi connectivity index (χ0) is 28.2. The van der Waals surface area contributed by atoms with E-state index in [2.05, 4.69) is 10.6 Å². The van der Waals surface area contributed by atoms with E-state index in [1.165, 1.54) is 7.11 Å². The molecule has 4 aromatic carbocycles. The highest BCUT2D eigenvalue weighted by molar-refractivity contribution is 6.31. The molecule has 0 atom stereocenters. The van der Waals surface area contributed by atoms with Gasteiger partial charge in [-0.15, -0.1) is 0 Å². The van der Waals surface area contributed by atoms with Crippen LogP contribution in [-0.4, -0.2) is 19.3 Å². The van der Waals surface area contributed by atoms with Gasteiger partial charge in [-0.25, -0.2) is 9.59 Å². The minimum atomic E-state index is -1.000. The van der Waals surface area contributed by atoms with Gasteiger partial charge in [-0.05, 0) is 34.9 Å². The van der Waals surface area contributed by atoms with Crippen LogP contribution >= 0.6 is 11.6 Å². The fourth-order valence-electron chi connectivity index (χ4n) is 3.72. The largest absolute Gasteiger partial charge is 0.493 e. The number of benzene rings is 4. The van der Waals surface area contributed by atoms with Crippen molar-refractivity contribution in [2.24, 2.45) is 0 Å². The molecule has 8 nitrogen and oxygen atoms in total. The van der Waals surface area contributed by atoms with Gasteiger partial charge in [0.25, 0.3) is 0 Å². The lowest BCUT2D eigenvalue weighted by Gasteiger charge is -2.22. The van der Waals surface area contributed by atoms with Crippen LogP contribution < -0.4 is 20.1 Å². The topological polar surface area (TPSA) is 95.1 Å². The number of methoxy groups -OCH3 is 1. The van der Waals surface area contributed by atoms with Crippen LogP contribution in [-0.2, 0) is 29.3 Å². The quantitative estimate of drug-likeness (QED) is 0.196. The SMILES string of the molecule is COc1ccc(C(NC(=O)OCc2ccccc2)NC(=O)OCc2ccccc2)cc1OCc1ccccc1Cl. The summed E-state index contributed by atoms with van der Waals surface area (Å²) in [6.45, 7) is 0.308. The van der Waals surface area contributed by atoms with Crippen LogP contribution in [0.2, 0.25) is 5.02 Å². The number of ether oxygens (including phenoxy) is 4. The molecule has 2 amide bonds. The standard InChI is InChI=1S/C31H29ClN2O6/c1-37-27-17-16-24(18-28(27)38-21-25-14-8-9-15-26(25)32)29(33-30(35)39-19-22-10-4-2-5-11-22)34-31(36)40-20-23-12-6-3-7-13-23/h2-18,29H,19-21H2,1H3,(H,33,35)(H,34,36). The van der Waals surface area contributed by atoms with Gasteiger partial charge in [0.2, 0.25) is 0 Å². The minimum Gasteiger partial charge on any atom is -0.493 e. The Labute approximate surface area is 237 Å². The van der Waals surface area contributed by atoms with Gasteiger partial charge in [-0.2, -0.15) is 0 Å². The van der Waals surface area contributed by atoms with Gasteiger partial charge in [-0.3, -0.25) is 10.6 Å². The van der Waals surface area contributed by atoms with Crippen molar-refractivity contribution in [1.29, 1.82) is 0 Å².